The number of benzene rings is 2. The summed E-state index contributed by atoms with van der Waals surface area (Å²) in [6.45, 7) is 3.24. The van der Waals surface area contributed by atoms with Gasteiger partial charge in [0.2, 0.25) is 0 Å². The van der Waals surface area contributed by atoms with Crippen molar-refractivity contribution in [3.8, 4) is 11.3 Å². The lowest BCUT2D eigenvalue weighted by atomic mass is 10.1. The molecule has 29 heavy (non-hydrogen) atoms. The van der Waals surface area contributed by atoms with Crippen molar-refractivity contribution in [1.82, 2.24) is 0 Å². The van der Waals surface area contributed by atoms with Crippen molar-refractivity contribution in [3.05, 3.63) is 83.4 Å². The largest absolute Gasteiger partial charge is 0.457 e. The van der Waals surface area contributed by atoms with Gasteiger partial charge in [0.25, 0.3) is 5.91 Å². The van der Waals surface area contributed by atoms with Crippen LogP contribution >= 0.6 is 0 Å². The molecular weight excluding hydrogens is 371 g/mol. The van der Waals surface area contributed by atoms with Crippen molar-refractivity contribution < 1.29 is 18.4 Å². The molecule has 1 aliphatic heterocycles. The van der Waals surface area contributed by atoms with E-state index in [0.717, 1.165) is 5.56 Å². The highest BCUT2D eigenvalue weighted by molar-refractivity contribution is 6.32. The summed E-state index contributed by atoms with van der Waals surface area (Å²) in [4.78, 5) is 24.4. The summed E-state index contributed by atoms with van der Waals surface area (Å²) < 4.78 is 19.0. The molecule has 4 rings (SSSR count). The molecule has 0 atom stereocenters. The van der Waals surface area contributed by atoms with E-state index < -0.39 is 0 Å². The van der Waals surface area contributed by atoms with Gasteiger partial charge in [-0.2, -0.15) is 10.1 Å². The lowest BCUT2D eigenvalue weighted by Gasteiger charge is -2.11. The lowest BCUT2D eigenvalue weighted by Crippen LogP contribution is -2.21. The van der Waals surface area contributed by atoms with Gasteiger partial charge < -0.3 is 4.42 Å². The Bertz CT molecular complexity index is 1170. The van der Waals surface area contributed by atoms with Gasteiger partial charge in [-0.25, -0.2) is 4.39 Å². The van der Waals surface area contributed by atoms with Gasteiger partial charge in [0.05, 0.1) is 17.0 Å². The summed E-state index contributed by atoms with van der Waals surface area (Å²) in [6.07, 6.45) is 1.63. The Morgan fingerprint density at radius 1 is 1.10 bits per heavy atom. The van der Waals surface area contributed by atoms with Gasteiger partial charge in [-0.05, 0) is 62.4 Å². The van der Waals surface area contributed by atoms with Crippen LogP contribution in [0.2, 0.25) is 0 Å². The number of hydrazone groups is 1. The minimum Gasteiger partial charge on any atom is -0.457 e. The first kappa shape index (κ1) is 18.6. The van der Waals surface area contributed by atoms with E-state index in [1.807, 2.05) is 6.07 Å². The van der Waals surface area contributed by atoms with Crippen molar-refractivity contribution in [2.24, 2.45) is 5.10 Å². The third kappa shape index (κ3) is 3.65. The smallest absolute Gasteiger partial charge is 0.280 e. The third-order valence-corrected chi connectivity index (χ3v) is 4.60. The molecule has 5 nitrogen and oxygen atoms in total. The number of anilines is 1. The molecule has 1 aromatic heterocycles. The van der Waals surface area contributed by atoms with Crippen molar-refractivity contribution in [2.75, 3.05) is 5.01 Å². The molecule has 0 radical (unpaired) electrons. The topological polar surface area (TPSA) is 62.9 Å². The summed E-state index contributed by atoms with van der Waals surface area (Å²) in [5, 5.41) is 5.51. The second-order valence-corrected chi connectivity index (χ2v) is 6.68. The fourth-order valence-electron chi connectivity index (χ4n) is 3.06. The molecule has 0 bridgehead atoms. The van der Waals surface area contributed by atoms with Gasteiger partial charge in [0.15, 0.2) is 5.78 Å². The van der Waals surface area contributed by atoms with E-state index in [9.17, 15) is 14.0 Å². The predicted octanol–water partition coefficient (Wildman–Crippen LogP) is 5.09. The molecule has 3 aromatic rings. The van der Waals surface area contributed by atoms with Gasteiger partial charge in [-0.15, -0.1) is 0 Å². The second kappa shape index (κ2) is 7.31. The SMILES string of the molecule is CC(=O)c1cccc(-c2ccc(C=C3C(=O)N(c4ccc(F)cc4)N=C3C)o2)c1. The number of rotatable bonds is 4. The summed E-state index contributed by atoms with van der Waals surface area (Å²) in [5.74, 6) is 0.368. The number of nitrogens with zero attached hydrogens (tertiary/aromatic N) is 2. The Balaban J connectivity index is 1.61. The van der Waals surface area contributed by atoms with Gasteiger partial charge in [0.1, 0.15) is 17.3 Å². The van der Waals surface area contributed by atoms with Crippen LogP contribution in [0.4, 0.5) is 10.1 Å². The van der Waals surface area contributed by atoms with E-state index in [1.165, 1.54) is 36.2 Å². The molecule has 0 saturated carbocycles. The molecule has 0 saturated heterocycles. The highest BCUT2D eigenvalue weighted by Crippen LogP contribution is 2.28. The first-order valence-corrected chi connectivity index (χ1v) is 9.01. The number of amides is 1. The summed E-state index contributed by atoms with van der Waals surface area (Å²) in [6, 6.07) is 16.3. The standard InChI is InChI=1S/C23H17FN2O3/c1-14-21(23(28)26(25-14)19-8-6-18(24)7-9-19)13-20-10-11-22(29-20)17-5-3-4-16(12-17)15(2)27/h3-13H,1-2H3. The van der Waals surface area contributed by atoms with Crippen LogP contribution in [0.1, 0.15) is 30.0 Å². The molecule has 0 spiro atoms. The van der Waals surface area contributed by atoms with Crippen molar-refractivity contribution in [2.45, 2.75) is 13.8 Å². The van der Waals surface area contributed by atoms with Gasteiger partial charge in [-0.3, -0.25) is 9.59 Å². The normalized spacial score (nSPS) is 15.1. The first-order valence-electron chi connectivity index (χ1n) is 9.01. The van der Waals surface area contributed by atoms with Crippen molar-refractivity contribution in [3.63, 3.8) is 0 Å². The predicted molar refractivity (Wildman–Crippen MR) is 109 cm³/mol. The Labute approximate surface area is 166 Å². The number of hydrogen-bond donors (Lipinski definition) is 0. The number of halogens is 1. The average molecular weight is 388 g/mol. The molecule has 0 aliphatic carbocycles. The fourth-order valence-corrected chi connectivity index (χ4v) is 3.06. The third-order valence-electron chi connectivity index (χ3n) is 4.60. The number of furan rings is 1. The van der Waals surface area contributed by atoms with Crippen molar-refractivity contribution >= 4 is 29.2 Å². The minimum atomic E-state index is -0.381. The highest BCUT2D eigenvalue weighted by atomic mass is 19.1. The van der Waals surface area contributed by atoms with Crippen LogP contribution in [0.25, 0.3) is 17.4 Å². The van der Waals surface area contributed by atoms with Crippen molar-refractivity contribution in [1.29, 1.82) is 0 Å². The Morgan fingerprint density at radius 2 is 1.86 bits per heavy atom. The zero-order valence-corrected chi connectivity index (χ0v) is 15.8. The molecule has 144 valence electrons. The molecule has 1 aliphatic rings. The van der Waals surface area contributed by atoms with E-state index >= 15 is 0 Å². The van der Waals surface area contributed by atoms with Crippen LogP contribution in [0.3, 0.4) is 0 Å². The summed E-state index contributed by atoms with van der Waals surface area (Å²) in [7, 11) is 0. The summed E-state index contributed by atoms with van der Waals surface area (Å²) >= 11 is 0. The van der Waals surface area contributed by atoms with Crippen LogP contribution in [-0.2, 0) is 4.79 Å². The molecule has 0 N–H and O–H groups in total. The quantitative estimate of drug-likeness (QED) is 0.462. The fraction of sp³-hybridized carbons (Fsp3) is 0.0870. The Morgan fingerprint density at radius 3 is 2.59 bits per heavy atom. The average Bonchev–Trinajstić information content (AvgIpc) is 3.29. The maximum absolute atomic E-state index is 13.1. The maximum atomic E-state index is 13.1. The van der Waals surface area contributed by atoms with Gasteiger partial charge >= 0.3 is 0 Å². The lowest BCUT2D eigenvalue weighted by molar-refractivity contribution is -0.114. The highest BCUT2D eigenvalue weighted by Gasteiger charge is 2.29. The number of Topliss-reactive ketones (excluding diaryl/α,β-unsaturated/α-hetero) is 1. The Kier molecular flexibility index (Phi) is 4.68. The van der Waals surface area contributed by atoms with Crippen LogP contribution in [-0.4, -0.2) is 17.4 Å². The van der Waals surface area contributed by atoms with E-state index in [-0.39, 0.29) is 17.5 Å². The van der Waals surface area contributed by atoms with Gasteiger partial charge in [0, 0.05) is 11.1 Å². The van der Waals surface area contributed by atoms with Crippen LogP contribution in [0.5, 0.6) is 0 Å². The molecule has 1 amide bonds. The second-order valence-electron chi connectivity index (χ2n) is 6.68. The van der Waals surface area contributed by atoms with Crippen LogP contribution in [0.15, 0.2) is 75.8 Å². The molecule has 2 heterocycles. The number of ketones is 1. The number of carbonyl (C=O) groups is 2. The van der Waals surface area contributed by atoms with E-state index in [2.05, 4.69) is 5.10 Å². The Hall–Kier alpha value is -3.80. The summed E-state index contributed by atoms with van der Waals surface area (Å²) in [5.41, 5.74) is 2.80. The molecular formula is C23H17FN2O3. The van der Waals surface area contributed by atoms with E-state index in [4.69, 9.17) is 4.42 Å². The van der Waals surface area contributed by atoms with Gasteiger partial charge in [-0.1, -0.05) is 18.2 Å². The van der Waals surface area contributed by atoms with E-state index in [1.54, 1.807) is 43.3 Å². The maximum Gasteiger partial charge on any atom is 0.280 e. The number of hydrogen-bond acceptors (Lipinski definition) is 4. The number of carbonyl (C=O) groups excluding carboxylic acids is 2. The van der Waals surface area contributed by atoms with Crippen LogP contribution < -0.4 is 5.01 Å². The van der Waals surface area contributed by atoms with E-state index in [0.29, 0.717) is 34.1 Å². The minimum absolute atomic E-state index is 0.0231. The molecule has 2 aromatic carbocycles. The van der Waals surface area contributed by atoms with Crippen LogP contribution in [0, 0.1) is 5.82 Å². The first-order chi connectivity index (χ1) is 13.9. The zero-order chi connectivity index (χ0) is 20.5. The zero-order valence-electron chi connectivity index (χ0n) is 15.8. The molecule has 0 fully saturated rings. The molecule has 6 heteroatoms. The monoisotopic (exact) mass is 388 g/mol. The molecule has 0 unspecified atom stereocenters.